The fourth-order valence-corrected chi connectivity index (χ4v) is 2.01. The molecule has 1 unspecified atom stereocenters. The molecule has 0 amide bonds. The SMILES string of the molecule is CC(CNc1ncc(C(=O)O)cc1Cl)C1CC1. The number of nitrogens with one attached hydrogen (secondary N) is 1. The Kier molecular flexibility index (Phi) is 3.52. The first-order valence-electron chi connectivity index (χ1n) is 5.70. The van der Waals surface area contributed by atoms with Crippen molar-refractivity contribution >= 4 is 23.4 Å². The van der Waals surface area contributed by atoms with Crippen molar-refractivity contribution in [1.82, 2.24) is 4.98 Å². The number of rotatable bonds is 5. The molecular formula is C12H15ClN2O2. The molecule has 0 saturated heterocycles. The van der Waals surface area contributed by atoms with Crippen LogP contribution in [0.2, 0.25) is 5.02 Å². The zero-order valence-electron chi connectivity index (χ0n) is 9.61. The molecule has 1 aliphatic rings. The molecule has 2 N–H and O–H groups in total. The van der Waals surface area contributed by atoms with Crippen molar-refractivity contribution in [3.8, 4) is 0 Å². The molecule has 2 rings (SSSR count). The molecule has 1 aromatic heterocycles. The first kappa shape index (κ1) is 12.2. The molecule has 1 aliphatic carbocycles. The zero-order chi connectivity index (χ0) is 12.4. The summed E-state index contributed by atoms with van der Waals surface area (Å²) >= 11 is 5.96. The average molecular weight is 255 g/mol. The molecule has 1 atom stereocenters. The highest BCUT2D eigenvalue weighted by atomic mass is 35.5. The number of carboxylic acid groups (broad SMARTS) is 1. The van der Waals surface area contributed by atoms with Crippen molar-refractivity contribution in [2.24, 2.45) is 11.8 Å². The van der Waals surface area contributed by atoms with E-state index in [4.69, 9.17) is 16.7 Å². The highest BCUT2D eigenvalue weighted by Gasteiger charge is 2.27. The summed E-state index contributed by atoms with van der Waals surface area (Å²) in [6.45, 7) is 3.02. The first-order valence-corrected chi connectivity index (χ1v) is 6.08. The lowest BCUT2D eigenvalue weighted by molar-refractivity contribution is 0.0696. The number of anilines is 1. The molecule has 1 aromatic rings. The number of aromatic nitrogens is 1. The topological polar surface area (TPSA) is 62.2 Å². The predicted octanol–water partition coefficient (Wildman–Crippen LogP) is 2.89. The van der Waals surface area contributed by atoms with Gasteiger partial charge >= 0.3 is 5.97 Å². The smallest absolute Gasteiger partial charge is 0.337 e. The lowest BCUT2D eigenvalue weighted by atomic mass is 10.1. The third-order valence-electron chi connectivity index (χ3n) is 3.11. The van der Waals surface area contributed by atoms with E-state index in [9.17, 15) is 4.79 Å². The number of carboxylic acids is 1. The van der Waals surface area contributed by atoms with Gasteiger partial charge in [-0.2, -0.15) is 0 Å². The lowest BCUT2D eigenvalue weighted by Gasteiger charge is -2.12. The molecular weight excluding hydrogens is 240 g/mol. The fraction of sp³-hybridized carbons (Fsp3) is 0.500. The van der Waals surface area contributed by atoms with Crippen LogP contribution in [0.3, 0.4) is 0 Å². The van der Waals surface area contributed by atoms with E-state index in [0.717, 1.165) is 12.5 Å². The molecule has 0 aliphatic heterocycles. The highest BCUT2D eigenvalue weighted by molar-refractivity contribution is 6.33. The van der Waals surface area contributed by atoms with Gasteiger partial charge < -0.3 is 10.4 Å². The van der Waals surface area contributed by atoms with E-state index in [1.165, 1.54) is 25.1 Å². The van der Waals surface area contributed by atoms with E-state index in [-0.39, 0.29) is 5.56 Å². The van der Waals surface area contributed by atoms with Gasteiger partial charge in [0.1, 0.15) is 5.82 Å². The van der Waals surface area contributed by atoms with Gasteiger partial charge in [-0.1, -0.05) is 18.5 Å². The summed E-state index contributed by atoms with van der Waals surface area (Å²) in [4.78, 5) is 14.7. The van der Waals surface area contributed by atoms with Crippen molar-refractivity contribution in [2.45, 2.75) is 19.8 Å². The van der Waals surface area contributed by atoms with E-state index < -0.39 is 5.97 Å². The Labute approximate surface area is 105 Å². The molecule has 5 heteroatoms. The highest BCUT2D eigenvalue weighted by Crippen LogP contribution is 2.36. The summed E-state index contributed by atoms with van der Waals surface area (Å²) in [5.41, 5.74) is 0.107. The van der Waals surface area contributed by atoms with Crippen molar-refractivity contribution in [1.29, 1.82) is 0 Å². The Balaban J connectivity index is 1.98. The van der Waals surface area contributed by atoms with E-state index >= 15 is 0 Å². The number of halogens is 1. The van der Waals surface area contributed by atoms with Gasteiger partial charge in [0.05, 0.1) is 10.6 Å². The maximum Gasteiger partial charge on any atom is 0.337 e. The molecule has 4 nitrogen and oxygen atoms in total. The van der Waals surface area contributed by atoms with Gasteiger partial charge in [-0.05, 0) is 30.7 Å². The van der Waals surface area contributed by atoms with E-state index in [2.05, 4.69) is 17.2 Å². The van der Waals surface area contributed by atoms with Gasteiger partial charge in [0.15, 0.2) is 0 Å². The summed E-state index contributed by atoms with van der Waals surface area (Å²) < 4.78 is 0. The second kappa shape index (κ2) is 4.92. The summed E-state index contributed by atoms with van der Waals surface area (Å²) in [6, 6.07) is 1.42. The Morgan fingerprint density at radius 1 is 1.71 bits per heavy atom. The predicted molar refractivity (Wildman–Crippen MR) is 66.6 cm³/mol. The van der Waals surface area contributed by atoms with Gasteiger partial charge in [-0.3, -0.25) is 0 Å². The zero-order valence-corrected chi connectivity index (χ0v) is 10.4. The van der Waals surface area contributed by atoms with Crippen LogP contribution in [0.1, 0.15) is 30.1 Å². The van der Waals surface area contributed by atoms with Gasteiger partial charge in [-0.15, -0.1) is 0 Å². The Hall–Kier alpha value is -1.29. The first-order chi connectivity index (χ1) is 8.08. The second-order valence-electron chi connectivity index (χ2n) is 4.56. The molecule has 0 aromatic carbocycles. The summed E-state index contributed by atoms with van der Waals surface area (Å²) in [6.07, 6.45) is 3.93. The number of hydrogen-bond acceptors (Lipinski definition) is 3. The van der Waals surface area contributed by atoms with Gasteiger partial charge in [0, 0.05) is 12.7 Å². The van der Waals surface area contributed by atoms with E-state index in [0.29, 0.717) is 16.8 Å². The van der Waals surface area contributed by atoms with E-state index in [1.54, 1.807) is 0 Å². The fourth-order valence-electron chi connectivity index (χ4n) is 1.77. The maximum absolute atomic E-state index is 10.7. The quantitative estimate of drug-likeness (QED) is 0.848. The van der Waals surface area contributed by atoms with Crippen LogP contribution in [-0.4, -0.2) is 22.6 Å². The van der Waals surface area contributed by atoms with Crippen LogP contribution in [0.4, 0.5) is 5.82 Å². The largest absolute Gasteiger partial charge is 0.478 e. The van der Waals surface area contributed by atoms with Crippen molar-refractivity contribution in [3.05, 3.63) is 22.8 Å². The van der Waals surface area contributed by atoms with Gasteiger partial charge in [-0.25, -0.2) is 9.78 Å². The number of pyridine rings is 1. The number of hydrogen-bond donors (Lipinski definition) is 2. The second-order valence-corrected chi connectivity index (χ2v) is 4.96. The minimum Gasteiger partial charge on any atom is -0.478 e. The normalized spacial score (nSPS) is 16.6. The summed E-state index contributed by atoms with van der Waals surface area (Å²) in [7, 11) is 0. The maximum atomic E-state index is 10.7. The molecule has 1 fully saturated rings. The van der Waals surface area contributed by atoms with E-state index in [1.807, 2.05) is 0 Å². The minimum absolute atomic E-state index is 0.107. The number of nitrogens with zero attached hydrogens (tertiary/aromatic N) is 1. The lowest BCUT2D eigenvalue weighted by Crippen LogP contribution is -2.14. The van der Waals surface area contributed by atoms with Crippen molar-refractivity contribution in [2.75, 3.05) is 11.9 Å². The van der Waals surface area contributed by atoms with Crippen LogP contribution in [-0.2, 0) is 0 Å². The van der Waals surface area contributed by atoms with Crippen LogP contribution in [0, 0.1) is 11.8 Å². The Morgan fingerprint density at radius 2 is 2.41 bits per heavy atom. The summed E-state index contributed by atoms with van der Waals surface area (Å²) in [5.74, 6) is 0.966. The van der Waals surface area contributed by atoms with Crippen LogP contribution in [0.15, 0.2) is 12.3 Å². The molecule has 17 heavy (non-hydrogen) atoms. The summed E-state index contributed by atoms with van der Waals surface area (Å²) in [5, 5.41) is 12.3. The van der Waals surface area contributed by atoms with Gasteiger partial charge in [0.25, 0.3) is 0 Å². The molecule has 0 bridgehead atoms. The van der Waals surface area contributed by atoms with Crippen LogP contribution >= 0.6 is 11.6 Å². The molecule has 92 valence electrons. The van der Waals surface area contributed by atoms with Crippen molar-refractivity contribution < 1.29 is 9.90 Å². The molecule has 0 spiro atoms. The van der Waals surface area contributed by atoms with Crippen molar-refractivity contribution in [3.63, 3.8) is 0 Å². The van der Waals surface area contributed by atoms with Crippen LogP contribution in [0.25, 0.3) is 0 Å². The molecule has 1 saturated carbocycles. The third-order valence-corrected chi connectivity index (χ3v) is 3.39. The van der Waals surface area contributed by atoms with Crippen LogP contribution in [0.5, 0.6) is 0 Å². The van der Waals surface area contributed by atoms with Gasteiger partial charge in [0.2, 0.25) is 0 Å². The Bertz CT molecular complexity index is 433. The molecule has 0 radical (unpaired) electrons. The Morgan fingerprint density at radius 3 is 2.94 bits per heavy atom. The average Bonchev–Trinajstić information content (AvgIpc) is 3.10. The third kappa shape index (κ3) is 3.09. The number of aromatic carboxylic acids is 1. The minimum atomic E-state index is -1.02. The van der Waals surface area contributed by atoms with Crippen LogP contribution < -0.4 is 5.32 Å². The number of carbonyl (C=O) groups is 1. The molecule has 1 heterocycles. The standard InChI is InChI=1S/C12H15ClN2O2/c1-7(8-2-3-8)5-14-11-10(13)4-9(6-15-11)12(16)17/h4,6-8H,2-3,5H2,1H3,(H,14,15)(H,16,17). The monoisotopic (exact) mass is 254 g/mol.